The zero-order valence-corrected chi connectivity index (χ0v) is 10.8. The first-order valence-electron chi connectivity index (χ1n) is 5.85. The molecule has 2 aromatic rings. The number of carbonyl (C=O) groups excluding carboxylic acids is 1. The minimum atomic E-state index is -0.245. The number of hydrogen-bond donors (Lipinski definition) is 1. The van der Waals surface area contributed by atoms with Crippen LogP contribution in [0.3, 0.4) is 0 Å². The molecule has 0 spiro atoms. The summed E-state index contributed by atoms with van der Waals surface area (Å²) in [5.41, 5.74) is 3.57. The SMILES string of the molecule is Cc1ccc(NC(=O)c2ccnc(C#N)c2)c(C)c1. The Labute approximate surface area is 111 Å². The Morgan fingerprint density at radius 1 is 1.26 bits per heavy atom. The number of pyridine rings is 1. The quantitative estimate of drug-likeness (QED) is 0.892. The van der Waals surface area contributed by atoms with Crippen LogP contribution >= 0.6 is 0 Å². The van der Waals surface area contributed by atoms with E-state index in [1.54, 1.807) is 6.07 Å². The highest BCUT2D eigenvalue weighted by Crippen LogP contribution is 2.17. The van der Waals surface area contributed by atoms with Gasteiger partial charge < -0.3 is 5.32 Å². The maximum absolute atomic E-state index is 12.1. The minimum absolute atomic E-state index is 0.230. The van der Waals surface area contributed by atoms with Crippen molar-refractivity contribution in [2.75, 3.05) is 5.32 Å². The van der Waals surface area contributed by atoms with Crippen molar-refractivity contribution >= 4 is 11.6 Å². The Kier molecular flexibility index (Phi) is 3.58. The van der Waals surface area contributed by atoms with E-state index in [-0.39, 0.29) is 11.6 Å². The van der Waals surface area contributed by atoms with Gasteiger partial charge in [0.15, 0.2) is 0 Å². The van der Waals surface area contributed by atoms with E-state index in [0.717, 1.165) is 16.8 Å². The normalized spacial score (nSPS) is 9.74. The molecular formula is C15H13N3O. The first kappa shape index (κ1) is 12.8. The number of benzene rings is 1. The van der Waals surface area contributed by atoms with Gasteiger partial charge in [0.2, 0.25) is 0 Å². The molecule has 0 aliphatic rings. The molecule has 0 fully saturated rings. The molecule has 1 N–H and O–H groups in total. The monoisotopic (exact) mass is 251 g/mol. The van der Waals surface area contributed by atoms with E-state index in [2.05, 4.69) is 10.3 Å². The van der Waals surface area contributed by atoms with Gasteiger partial charge >= 0.3 is 0 Å². The van der Waals surface area contributed by atoms with E-state index in [4.69, 9.17) is 5.26 Å². The predicted molar refractivity (Wildman–Crippen MR) is 72.8 cm³/mol. The van der Waals surface area contributed by atoms with Crippen LogP contribution in [0, 0.1) is 25.2 Å². The molecule has 4 heteroatoms. The standard InChI is InChI=1S/C15H13N3O/c1-10-3-4-14(11(2)7-10)18-15(19)12-5-6-17-13(8-12)9-16/h3-8H,1-2H3,(H,18,19). The molecular weight excluding hydrogens is 238 g/mol. The molecule has 0 saturated heterocycles. The second-order valence-electron chi connectivity index (χ2n) is 4.31. The maximum atomic E-state index is 12.1. The Bertz CT molecular complexity index is 671. The summed E-state index contributed by atoms with van der Waals surface area (Å²) in [5, 5.41) is 11.6. The largest absolute Gasteiger partial charge is 0.322 e. The van der Waals surface area contributed by atoms with Crippen LogP contribution in [0.5, 0.6) is 0 Å². The number of nitrogens with zero attached hydrogens (tertiary/aromatic N) is 2. The number of carbonyl (C=O) groups is 1. The number of rotatable bonds is 2. The van der Waals surface area contributed by atoms with Crippen molar-refractivity contribution in [2.24, 2.45) is 0 Å². The van der Waals surface area contributed by atoms with Gasteiger partial charge in [-0.25, -0.2) is 4.98 Å². The lowest BCUT2D eigenvalue weighted by atomic mass is 10.1. The number of anilines is 1. The highest BCUT2D eigenvalue weighted by molar-refractivity contribution is 6.04. The topological polar surface area (TPSA) is 65.8 Å². The average molecular weight is 251 g/mol. The zero-order valence-electron chi connectivity index (χ0n) is 10.8. The molecule has 0 radical (unpaired) electrons. The summed E-state index contributed by atoms with van der Waals surface area (Å²) in [7, 11) is 0. The van der Waals surface area contributed by atoms with Crippen molar-refractivity contribution in [2.45, 2.75) is 13.8 Å². The first-order valence-corrected chi connectivity index (χ1v) is 5.85. The molecule has 0 aliphatic carbocycles. The van der Waals surface area contributed by atoms with E-state index in [0.29, 0.717) is 5.56 Å². The summed E-state index contributed by atoms with van der Waals surface area (Å²) in [4.78, 5) is 15.9. The summed E-state index contributed by atoms with van der Waals surface area (Å²) >= 11 is 0. The molecule has 19 heavy (non-hydrogen) atoms. The fraction of sp³-hybridized carbons (Fsp3) is 0.133. The van der Waals surface area contributed by atoms with Gasteiger partial charge in [0.25, 0.3) is 5.91 Å². The number of hydrogen-bond acceptors (Lipinski definition) is 3. The van der Waals surface area contributed by atoms with Crippen molar-refractivity contribution in [3.63, 3.8) is 0 Å². The highest BCUT2D eigenvalue weighted by Gasteiger charge is 2.08. The number of aromatic nitrogens is 1. The van der Waals surface area contributed by atoms with Crippen molar-refractivity contribution < 1.29 is 4.79 Å². The molecule has 0 saturated carbocycles. The number of amides is 1. The van der Waals surface area contributed by atoms with E-state index in [9.17, 15) is 4.79 Å². The summed E-state index contributed by atoms with van der Waals surface area (Å²) in [6, 6.07) is 10.8. The molecule has 1 heterocycles. The number of nitrogens with one attached hydrogen (secondary N) is 1. The lowest BCUT2D eigenvalue weighted by Crippen LogP contribution is -2.13. The third-order valence-electron chi connectivity index (χ3n) is 2.77. The summed E-state index contributed by atoms with van der Waals surface area (Å²) in [6.07, 6.45) is 1.45. The van der Waals surface area contributed by atoms with Gasteiger partial charge in [0.05, 0.1) is 0 Å². The minimum Gasteiger partial charge on any atom is -0.322 e. The Morgan fingerprint density at radius 3 is 2.74 bits per heavy atom. The van der Waals surface area contributed by atoms with Gasteiger partial charge in [-0.15, -0.1) is 0 Å². The third kappa shape index (κ3) is 2.96. The Hall–Kier alpha value is -2.67. The van der Waals surface area contributed by atoms with Gasteiger partial charge in [-0.1, -0.05) is 17.7 Å². The second-order valence-corrected chi connectivity index (χ2v) is 4.31. The van der Waals surface area contributed by atoms with E-state index in [1.165, 1.54) is 12.3 Å². The molecule has 0 atom stereocenters. The molecule has 1 aromatic carbocycles. The fourth-order valence-electron chi connectivity index (χ4n) is 1.78. The third-order valence-corrected chi connectivity index (χ3v) is 2.77. The predicted octanol–water partition coefficient (Wildman–Crippen LogP) is 2.82. The van der Waals surface area contributed by atoms with E-state index < -0.39 is 0 Å². The van der Waals surface area contributed by atoms with Crippen LogP contribution in [0.2, 0.25) is 0 Å². The average Bonchev–Trinajstić information content (AvgIpc) is 2.42. The van der Waals surface area contributed by atoms with Crippen LogP contribution in [0.1, 0.15) is 27.2 Å². The van der Waals surface area contributed by atoms with Gasteiger partial charge in [0, 0.05) is 17.4 Å². The van der Waals surface area contributed by atoms with Crippen molar-refractivity contribution in [1.29, 1.82) is 5.26 Å². The number of aryl methyl sites for hydroxylation is 2. The molecule has 1 amide bonds. The molecule has 4 nitrogen and oxygen atoms in total. The van der Waals surface area contributed by atoms with Gasteiger partial charge in [-0.2, -0.15) is 5.26 Å². The smallest absolute Gasteiger partial charge is 0.255 e. The summed E-state index contributed by atoms with van der Waals surface area (Å²) in [5.74, 6) is -0.245. The summed E-state index contributed by atoms with van der Waals surface area (Å²) in [6.45, 7) is 3.94. The summed E-state index contributed by atoms with van der Waals surface area (Å²) < 4.78 is 0. The van der Waals surface area contributed by atoms with Crippen LogP contribution < -0.4 is 5.32 Å². The number of nitriles is 1. The molecule has 1 aromatic heterocycles. The van der Waals surface area contributed by atoms with Crippen LogP contribution in [-0.4, -0.2) is 10.9 Å². The van der Waals surface area contributed by atoms with Gasteiger partial charge in [0.1, 0.15) is 11.8 Å². The molecule has 0 aliphatic heterocycles. The Morgan fingerprint density at radius 2 is 2.05 bits per heavy atom. The lowest BCUT2D eigenvalue weighted by molar-refractivity contribution is 0.102. The molecule has 2 rings (SSSR count). The van der Waals surface area contributed by atoms with E-state index in [1.807, 2.05) is 38.1 Å². The van der Waals surface area contributed by atoms with Gasteiger partial charge in [-0.05, 0) is 37.6 Å². The second kappa shape index (κ2) is 5.32. The highest BCUT2D eigenvalue weighted by atomic mass is 16.1. The first-order chi connectivity index (χ1) is 9.10. The molecule has 0 bridgehead atoms. The lowest BCUT2D eigenvalue weighted by Gasteiger charge is -2.09. The molecule has 94 valence electrons. The Balaban J connectivity index is 2.23. The van der Waals surface area contributed by atoms with E-state index >= 15 is 0 Å². The maximum Gasteiger partial charge on any atom is 0.255 e. The molecule has 0 unspecified atom stereocenters. The van der Waals surface area contributed by atoms with Crippen molar-refractivity contribution in [3.8, 4) is 6.07 Å². The van der Waals surface area contributed by atoms with Crippen LogP contribution in [-0.2, 0) is 0 Å². The van der Waals surface area contributed by atoms with Crippen LogP contribution in [0.25, 0.3) is 0 Å². The zero-order chi connectivity index (χ0) is 13.8. The van der Waals surface area contributed by atoms with Crippen molar-refractivity contribution in [1.82, 2.24) is 4.98 Å². The fourth-order valence-corrected chi connectivity index (χ4v) is 1.78. The van der Waals surface area contributed by atoms with Crippen LogP contribution in [0.4, 0.5) is 5.69 Å². The van der Waals surface area contributed by atoms with Gasteiger partial charge in [-0.3, -0.25) is 4.79 Å². The van der Waals surface area contributed by atoms with Crippen molar-refractivity contribution in [3.05, 3.63) is 58.9 Å². The van der Waals surface area contributed by atoms with Crippen LogP contribution in [0.15, 0.2) is 36.5 Å².